The molecule has 25 heavy (non-hydrogen) atoms. The number of ether oxygens (including phenoxy) is 1. The van der Waals surface area contributed by atoms with Crippen molar-refractivity contribution < 1.29 is 23.6 Å². The van der Waals surface area contributed by atoms with Crippen LogP contribution in [0.15, 0.2) is 36.4 Å². The normalized spacial score (nSPS) is 13.0. The van der Waals surface area contributed by atoms with Crippen molar-refractivity contribution >= 4 is 17.7 Å². The molecule has 1 aromatic carbocycles. The second kappa shape index (κ2) is 6.71. The Labute approximate surface area is 142 Å². The Hall–Kier alpha value is -3.23. The maximum Gasteiger partial charge on any atom is 0.336 e. The number of halogens is 1. The molecule has 0 spiro atoms. The van der Waals surface area contributed by atoms with Gasteiger partial charge in [0, 0.05) is 6.07 Å². The van der Waals surface area contributed by atoms with Gasteiger partial charge in [0.1, 0.15) is 5.82 Å². The predicted molar refractivity (Wildman–Crippen MR) is 85.3 cm³/mol. The van der Waals surface area contributed by atoms with Crippen LogP contribution in [0.3, 0.4) is 0 Å². The van der Waals surface area contributed by atoms with E-state index in [1.807, 2.05) is 0 Å². The van der Waals surface area contributed by atoms with E-state index in [2.05, 4.69) is 5.32 Å². The highest BCUT2D eigenvalue weighted by Crippen LogP contribution is 2.24. The molecule has 0 saturated carbocycles. The summed E-state index contributed by atoms with van der Waals surface area (Å²) >= 11 is 0. The van der Waals surface area contributed by atoms with E-state index in [4.69, 9.17) is 4.74 Å². The van der Waals surface area contributed by atoms with Gasteiger partial charge in [0.15, 0.2) is 11.2 Å². The van der Waals surface area contributed by atoms with E-state index < -0.39 is 28.2 Å². The van der Waals surface area contributed by atoms with Gasteiger partial charge >= 0.3 is 11.8 Å². The topological polar surface area (TPSA) is 103 Å². The third-order valence-corrected chi connectivity index (χ3v) is 3.89. The number of benzene rings is 1. The number of carbonyl (C=O) groups excluding carboxylic acids is 2. The van der Waals surface area contributed by atoms with Crippen molar-refractivity contribution in [3.63, 3.8) is 0 Å². The van der Waals surface area contributed by atoms with E-state index in [0.29, 0.717) is 5.56 Å². The zero-order valence-corrected chi connectivity index (χ0v) is 13.8. The third kappa shape index (κ3) is 3.35. The van der Waals surface area contributed by atoms with Gasteiger partial charge in [0.05, 0.1) is 14.2 Å². The van der Waals surface area contributed by atoms with E-state index in [1.54, 1.807) is 0 Å². The number of aromatic nitrogens is 1. The fraction of sp³-hybridized carbons (Fsp3) is 0.250. The molecule has 2 aromatic rings. The number of carbonyl (C=O) groups is 2. The van der Waals surface area contributed by atoms with Gasteiger partial charge < -0.3 is 20.2 Å². The molecule has 1 amide bonds. The Bertz CT molecular complexity index is 831. The first-order chi connectivity index (χ1) is 11.7. The van der Waals surface area contributed by atoms with Crippen molar-refractivity contribution in [2.45, 2.75) is 12.5 Å². The lowest BCUT2D eigenvalue weighted by molar-refractivity contribution is -0.391. The second-order valence-electron chi connectivity index (χ2n) is 5.47. The summed E-state index contributed by atoms with van der Waals surface area (Å²) in [4.78, 5) is 35.0. The monoisotopic (exact) mass is 349 g/mol. The predicted octanol–water partition coefficient (Wildman–Crippen LogP) is 1.89. The SMILES string of the molecule is COC(=O)C(C)(NC(=O)c1ccc([N+](=O)[O-])n1C)c1ccc(F)cc1. The molecular weight excluding hydrogens is 333 g/mol. The molecule has 0 bridgehead atoms. The number of nitrogens with zero attached hydrogens (tertiary/aromatic N) is 2. The molecule has 1 atom stereocenters. The Balaban J connectivity index is 2.40. The summed E-state index contributed by atoms with van der Waals surface area (Å²) in [5.74, 6) is -2.25. The van der Waals surface area contributed by atoms with Crippen LogP contribution in [0.25, 0.3) is 0 Å². The average molecular weight is 349 g/mol. The number of esters is 1. The molecule has 0 fully saturated rings. The molecule has 0 saturated heterocycles. The van der Waals surface area contributed by atoms with Crippen molar-refractivity contribution in [1.29, 1.82) is 0 Å². The van der Waals surface area contributed by atoms with Crippen LogP contribution < -0.4 is 5.32 Å². The smallest absolute Gasteiger partial charge is 0.336 e. The highest BCUT2D eigenvalue weighted by molar-refractivity contribution is 5.97. The molecule has 1 N–H and O–H groups in total. The van der Waals surface area contributed by atoms with Gasteiger partial charge in [0.25, 0.3) is 5.91 Å². The summed E-state index contributed by atoms with van der Waals surface area (Å²) < 4.78 is 19.0. The maximum atomic E-state index is 13.1. The molecule has 0 aliphatic rings. The first kappa shape index (κ1) is 18.1. The molecule has 0 radical (unpaired) electrons. The molecule has 1 unspecified atom stereocenters. The minimum Gasteiger partial charge on any atom is -0.467 e. The number of rotatable bonds is 5. The van der Waals surface area contributed by atoms with E-state index in [1.165, 1.54) is 38.2 Å². The van der Waals surface area contributed by atoms with Crippen LogP contribution in [0.1, 0.15) is 23.0 Å². The molecule has 1 aromatic heterocycles. The zero-order chi connectivity index (χ0) is 18.8. The van der Waals surface area contributed by atoms with Crippen molar-refractivity contribution in [1.82, 2.24) is 9.88 Å². The van der Waals surface area contributed by atoms with Crippen LogP contribution in [0.5, 0.6) is 0 Å². The number of methoxy groups -OCH3 is 1. The van der Waals surface area contributed by atoms with Crippen molar-refractivity contribution in [2.24, 2.45) is 7.05 Å². The third-order valence-electron chi connectivity index (χ3n) is 3.89. The van der Waals surface area contributed by atoms with Crippen LogP contribution in [0.4, 0.5) is 10.2 Å². The lowest BCUT2D eigenvalue weighted by Gasteiger charge is -2.28. The van der Waals surface area contributed by atoms with Gasteiger partial charge in [-0.25, -0.2) is 13.8 Å². The quantitative estimate of drug-likeness (QED) is 0.504. The lowest BCUT2D eigenvalue weighted by atomic mass is 9.91. The maximum absolute atomic E-state index is 13.1. The van der Waals surface area contributed by atoms with E-state index in [-0.39, 0.29) is 11.5 Å². The number of hydrogen-bond acceptors (Lipinski definition) is 5. The minimum atomic E-state index is -1.60. The number of hydrogen-bond donors (Lipinski definition) is 1. The summed E-state index contributed by atoms with van der Waals surface area (Å²) in [7, 11) is 2.52. The van der Waals surface area contributed by atoms with Gasteiger partial charge in [0.2, 0.25) is 0 Å². The van der Waals surface area contributed by atoms with E-state index >= 15 is 0 Å². The summed E-state index contributed by atoms with van der Waals surface area (Å²) in [6, 6.07) is 7.45. The lowest BCUT2D eigenvalue weighted by Crippen LogP contribution is -2.50. The van der Waals surface area contributed by atoms with Gasteiger partial charge in [-0.1, -0.05) is 12.1 Å². The molecule has 9 heteroatoms. The Morgan fingerprint density at radius 2 is 1.84 bits per heavy atom. The Morgan fingerprint density at radius 3 is 2.32 bits per heavy atom. The standard InChI is InChI=1S/C16H16FN3O5/c1-16(15(22)25-3,10-4-6-11(17)7-5-10)18-14(21)12-8-9-13(19(12)2)20(23)24/h4-9H,1-3H3,(H,18,21). The number of amides is 1. The summed E-state index contributed by atoms with van der Waals surface area (Å²) in [5.41, 5.74) is -1.31. The summed E-state index contributed by atoms with van der Waals surface area (Å²) in [6.45, 7) is 1.40. The molecule has 0 aliphatic heterocycles. The van der Waals surface area contributed by atoms with Crippen LogP contribution in [-0.2, 0) is 22.1 Å². The first-order valence-corrected chi connectivity index (χ1v) is 7.17. The fourth-order valence-corrected chi connectivity index (χ4v) is 2.43. The summed E-state index contributed by atoms with van der Waals surface area (Å²) in [5, 5.41) is 13.4. The zero-order valence-electron chi connectivity index (χ0n) is 13.8. The van der Waals surface area contributed by atoms with Crippen molar-refractivity contribution in [3.05, 3.63) is 63.6 Å². The van der Waals surface area contributed by atoms with Crippen molar-refractivity contribution in [3.8, 4) is 0 Å². The second-order valence-corrected chi connectivity index (χ2v) is 5.47. The number of nitro groups is 1. The van der Waals surface area contributed by atoms with Crippen LogP contribution in [0.2, 0.25) is 0 Å². The Kier molecular flexibility index (Phi) is 4.87. The molecule has 1 heterocycles. The van der Waals surface area contributed by atoms with Crippen molar-refractivity contribution in [2.75, 3.05) is 7.11 Å². The Morgan fingerprint density at radius 1 is 1.24 bits per heavy atom. The average Bonchev–Trinajstić information content (AvgIpc) is 2.96. The molecule has 0 aliphatic carbocycles. The minimum absolute atomic E-state index is 0.0102. The van der Waals surface area contributed by atoms with Gasteiger partial charge in [-0.2, -0.15) is 0 Å². The van der Waals surface area contributed by atoms with Crippen LogP contribution >= 0.6 is 0 Å². The first-order valence-electron chi connectivity index (χ1n) is 7.17. The molecule has 2 rings (SSSR count). The molecular formula is C16H16FN3O5. The number of nitrogens with one attached hydrogen (secondary N) is 1. The highest BCUT2D eigenvalue weighted by atomic mass is 19.1. The fourth-order valence-electron chi connectivity index (χ4n) is 2.43. The highest BCUT2D eigenvalue weighted by Gasteiger charge is 2.39. The largest absolute Gasteiger partial charge is 0.467 e. The van der Waals surface area contributed by atoms with Gasteiger partial charge in [-0.15, -0.1) is 0 Å². The summed E-state index contributed by atoms with van der Waals surface area (Å²) in [6.07, 6.45) is 0. The molecule has 132 valence electrons. The van der Waals surface area contributed by atoms with Gasteiger partial charge in [-0.3, -0.25) is 4.79 Å². The van der Waals surface area contributed by atoms with E-state index in [9.17, 15) is 24.1 Å². The molecule has 8 nitrogen and oxygen atoms in total. The van der Waals surface area contributed by atoms with Crippen LogP contribution in [0, 0.1) is 15.9 Å². The van der Waals surface area contributed by atoms with Gasteiger partial charge in [-0.05, 0) is 35.6 Å². The van der Waals surface area contributed by atoms with Crippen LogP contribution in [-0.4, -0.2) is 28.5 Å². The van der Waals surface area contributed by atoms with E-state index in [0.717, 1.165) is 23.8 Å².